The van der Waals surface area contributed by atoms with Crippen LogP contribution in [0.4, 0.5) is 0 Å². The lowest BCUT2D eigenvalue weighted by Crippen LogP contribution is -2.00. The third-order valence-electron chi connectivity index (χ3n) is 2.33. The van der Waals surface area contributed by atoms with Crippen molar-refractivity contribution in [3.63, 3.8) is 0 Å². The van der Waals surface area contributed by atoms with Crippen LogP contribution in [0.25, 0.3) is 0 Å². The first-order chi connectivity index (χ1) is 8.67. The average Bonchev–Trinajstić information content (AvgIpc) is 2.37. The van der Waals surface area contributed by atoms with E-state index in [0.717, 1.165) is 5.56 Å². The Hall–Kier alpha value is -2.15. The van der Waals surface area contributed by atoms with E-state index in [1.54, 1.807) is 26.2 Å². The Morgan fingerprint density at radius 2 is 2.17 bits per heavy atom. The molecule has 1 rings (SSSR count). The number of hydrogen-bond donors (Lipinski definition) is 1. The lowest BCUT2D eigenvalue weighted by Gasteiger charge is -2.10. The topological polar surface area (TPSA) is 55.8 Å². The Morgan fingerprint density at radius 3 is 2.78 bits per heavy atom. The highest BCUT2D eigenvalue weighted by atomic mass is 16.5. The van der Waals surface area contributed by atoms with Gasteiger partial charge in [0.1, 0.15) is 6.61 Å². The average molecular weight is 248 g/mol. The van der Waals surface area contributed by atoms with Crippen LogP contribution in [0.2, 0.25) is 0 Å². The highest BCUT2D eigenvalue weighted by Gasteiger charge is 2.06. The van der Waals surface area contributed by atoms with Crippen molar-refractivity contribution < 1.29 is 19.4 Å². The van der Waals surface area contributed by atoms with Crippen LogP contribution in [0, 0.1) is 11.8 Å². The van der Waals surface area contributed by atoms with Gasteiger partial charge in [-0.3, -0.25) is 4.79 Å². The molecule has 18 heavy (non-hydrogen) atoms. The number of carbonyl (C=O) groups is 1. The molecule has 0 radical (unpaired) electrons. The van der Waals surface area contributed by atoms with E-state index in [0.29, 0.717) is 24.5 Å². The van der Waals surface area contributed by atoms with Gasteiger partial charge in [-0.15, -0.1) is 5.92 Å². The zero-order chi connectivity index (χ0) is 13.4. The van der Waals surface area contributed by atoms with Gasteiger partial charge in [-0.1, -0.05) is 12.0 Å². The van der Waals surface area contributed by atoms with Gasteiger partial charge in [0.15, 0.2) is 11.5 Å². The van der Waals surface area contributed by atoms with Crippen molar-refractivity contribution in [1.82, 2.24) is 0 Å². The van der Waals surface area contributed by atoms with E-state index in [-0.39, 0.29) is 6.42 Å². The number of rotatable bonds is 6. The van der Waals surface area contributed by atoms with Crippen LogP contribution in [0.3, 0.4) is 0 Å². The first-order valence-electron chi connectivity index (χ1n) is 5.58. The fourth-order valence-corrected chi connectivity index (χ4v) is 1.42. The summed E-state index contributed by atoms with van der Waals surface area (Å²) < 4.78 is 10.6. The van der Waals surface area contributed by atoms with Crippen molar-refractivity contribution in [2.24, 2.45) is 0 Å². The molecule has 0 heterocycles. The highest BCUT2D eigenvalue weighted by molar-refractivity contribution is 5.67. The Bertz CT molecular complexity index is 468. The van der Waals surface area contributed by atoms with Crippen molar-refractivity contribution in [3.05, 3.63) is 23.8 Å². The second-order valence-electron chi connectivity index (χ2n) is 3.59. The highest BCUT2D eigenvalue weighted by Crippen LogP contribution is 2.28. The molecule has 4 heteroatoms. The van der Waals surface area contributed by atoms with Crippen LogP contribution in [0.5, 0.6) is 11.5 Å². The van der Waals surface area contributed by atoms with Gasteiger partial charge < -0.3 is 14.6 Å². The smallest absolute Gasteiger partial charge is 0.303 e. The minimum absolute atomic E-state index is 0.102. The number of aliphatic carboxylic acids is 1. The van der Waals surface area contributed by atoms with Crippen LogP contribution in [0.1, 0.15) is 18.9 Å². The molecule has 1 aromatic rings. The molecule has 1 N–H and O–H groups in total. The normalized spacial score (nSPS) is 9.22. The molecule has 0 bridgehead atoms. The van der Waals surface area contributed by atoms with Gasteiger partial charge in [0.2, 0.25) is 0 Å². The van der Waals surface area contributed by atoms with Crippen LogP contribution >= 0.6 is 0 Å². The number of methoxy groups -OCH3 is 1. The number of carboxylic acid groups (broad SMARTS) is 1. The third kappa shape index (κ3) is 4.38. The van der Waals surface area contributed by atoms with Gasteiger partial charge in [-0.2, -0.15) is 0 Å². The van der Waals surface area contributed by atoms with Gasteiger partial charge >= 0.3 is 5.97 Å². The van der Waals surface area contributed by atoms with E-state index in [9.17, 15) is 4.79 Å². The van der Waals surface area contributed by atoms with E-state index >= 15 is 0 Å². The quantitative estimate of drug-likeness (QED) is 0.783. The second-order valence-corrected chi connectivity index (χ2v) is 3.59. The first kappa shape index (κ1) is 13.9. The van der Waals surface area contributed by atoms with Gasteiger partial charge in [0.05, 0.1) is 7.11 Å². The summed E-state index contributed by atoms with van der Waals surface area (Å²) >= 11 is 0. The summed E-state index contributed by atoms with van der Waals surface area (Å²) in [6, 6.07) is 5.39. The predicted molar refractivity (Wildman–Crippen MR) is 67.9 cm³/mol. The maximum absolute atomic E-state index is 10.5. The maximum Gasteiger partial charge on any atom is 0.303 e. The molecule has 1 aromatic carbocycles. The SMILES string of the molecule is CC#CCOc1ccc(CCC(=O)O)cc1OC. The van der Waals surface area contributed by atoms with Gasteiger partial charge in [-0.05, 0) is 31.0 Å². The zero-order valence-corrected chi connectivity index (χ0v) is 10.5. The molecule has 96 valence electrons. The maximum atomic E-state index is 10.5. The fraction of sp³-hybridized carbons (Fsp3) is 0.357. The molecule has 0 fully saturated rings. The Morgan fingerprint density at radius 1 is 1.39 bits per heavy atom. The standard InChI is InChI=1S/C14H16O4/c1-3-4-9-18-12-7-5-11(6-8-14(15)16)10-13(12)17-2/h5,7,10H,6,8-9H2,1-2H3,(H,15,16). The van der Waals surface area contributed by atoms with E-state index < -0.39 is 5.97 Å². The molecule has 0 aliphatic rings. The van der Waals surface area contributed by atoms with Gasteiger partial charge in [0.25, 0.3) is 0 Å². The van der Waals surface area contributed by atoms with Crippen LogP contribution < -0.4 is 9.47 Å². The van der Waals surface area contributed by atoms with Crippen molar-refractivity contribution in [3.8, 4) is 23.3 Å². The number of carboxylic acids is 1. The Labute approximate surface area is 107 Å². The number of ether oxygens (including phenoxy) is 2. The van der Waals surface area contributed by atoms with Crippen molar-refractivity contribution >= 4 is 5.97 Å². The van der Waals surface area contributed by atoms with E-state index in [1.807, 2.05) is 6.07 Å². The molecule has 0 unspecified atom stereocenters. The summed E-state index contributed by atoms with van der Waals surface area (Å²) in [5, 5.41) is 8.63. The number of hydrogen-bond acceptors (Lipinski definition) is 3. The molecular weight excluding hydrogens is 232 g/mol. The number of benzene rings is 1. The molecule has 0 atom stereocenters. The Balaban J connectivity index is 2.74. The number of aryl methyl sites for hydroxylation is 1. The van der Waals surface area contributed by atoms with Crippen molar-refractivity contribution in [1.29, 1.82) is 0 Å². The fourth-order valence-electron chi connectivity index (χ4n) is 1.42. The predicted octanol–water partition coefficient (Wildman–Crippen LogP) is 2.11. The van der Waals surface area contributed by atoms with Crippen LogP contribution in [0.15, 0.2) is 18.2 Å². The molecule has 0 saturated heterocycles. The molecule has 0 aromatic heterocycles. The van der Waals surface area contributed by atoms with E-state index in [4.69, 9.17) is 14.6 Å². The molecule has 4 nitrogen and oxygen atoms in total. The van der Waals surface area contributed by atoms with Gasteiger partial charge in [-0.25, -0.2) is 0 Å². The first-order valence-corrected chi connectivity index (χ1v) is 5.58. The van der Waals surface area contributed by atoms with Crippen molar-refractivity contribution in [2.45, 2.75) is 19.8 Å². The Kier molecular flexibility index (Phi) is 5.59. The molecular formula is C14H16O4. The summed E-state index contributed by atoms with van der Waals surface area (Å²) in [5.74, 6) is 5.93. The lowest BCUT2D eigenvalue weighted by molar-refractivity contribution is -0.136. The molecule has 0 saturated carbocycles. The molecule has 0 amide bonds. The van der Waals surface area contributed by atoms with E-state index in [2.05, 4.69) is 11.8 Å². The molecule has 0 aliphatic heterocycles. The minimum atomic E-state index is -0.812. The lowest BCUT2D eigenvalue weighted by atomic mass is 10.1. The minimum Gasteiger partial charge on any atom is -0.493 e. The van der Waals surface area contributed by atoms with E-state index in [1.165, 1.54) is 0 Å². The van der Waals surface area contributed by atoms with Crippen molar-refractivity contribution in [2.75, 3.05) is 13.7 Å². The second kappa shape index (κ2) is 7.23. The zero-order valence-electron chi connectivity index (χ0n) is 10.5. The van der Waals surface area contributed by atoms with Crippen LogP contribution in [-0.4, -0.2) is 24.8 Å². The summed E-state index contributed by atoms with van der Waals surface area (Å²) in [7, 11) is 1.55. The van der Waals surface area contributed by atoms with Crippen LogP contribution in [-0.2, 0) is 11.2 Å². The summed E-state index contributed by atoms with van der Waals surface area (Å²) in [5.41, 5.74) is 0.906. The molecule has 0 aliphatic carbocycles. The summed E-state index contributed by atoms with van der Waals surface area (Å²) in [6.45, 7) is 2.05. The van der Waals surface area contributed by atoms with Gasteiger partial charge in [0, 0.05) is 6.42 Å². The summed E-state index contributed by atoms with van der Waals surface area (Å²) in [4.78, 5) is 10.5. The third-order valence-corrected chi connectivity index (χ3v) is 2.33. The largest absolute Gasteiger partial charge is 0.493 e. The summed E-state index contributed by atoms with van der Waals surface area (Å²) in [6.07, 6.45) is 0.575. The molecule has 0 spiro atoms. The monoisotopic (exact) mass is 248 g/mol.